The van der Waals surface area contributed by atoms with E-state index in [9.17, 15) is 18.3 Å². The van der Waals surface area contributed by atoms with Gasteiger partial charge in [0.15, 0.2) is 0 Å². The molecule has 2 aromatic carbocycles. The molecule has 0 aliphatic carbocycles. The van der Waals surface area contributed by atoms with E-state index in [1.165, 1.54) is 24.3 Å². The number of aliphatic hydroxyl groups is 1. The molecule has 0 spiro atoms. The zero-order valence-corrected chi connectivity index (χ0v) is 17.1. The molecule has 4 N–H and O–H groups in total. The number of urea groups is 1. The molecule has 0 radical (unpaired) electrons. The second kappa shape index (κ2) is 9.38. The SMILES string of the molecule is CC(O)c1ccccc1NS(=O)(=O)c1ccc(NC(=O)NCc2cccnc2)cc1. The van der Waals surface area contributed by atoms with Crippen LogP contribution in [0.15, 0.2) is 78.0 Å². The summed E-state index contributed by atoms with van der Waals surface area (Å²) >= 11 is 0. The molecule has 30 heavy (non-hydrogen) atoms. The van der Waals surface area contributed by atoms with Crippen molar-refractivity contribution in [2.24, 2.45) is 0 Å². The van der Waals surface area contributed by atoms with Gasteiger partial charge in [0.25, 0.3) is 10.0 Å². The predicted octanol–water partition coefficient (Wildman–Crippen LogP) is 3.26. The Morgan fingerprint density at radius 1 is 1.07 bits per heavy atom. The van der Waals surface area contributed by atoms with Crippen molar-refractivity contribution in [1.29, 1.82) is 0 Å². The maximum atomic E-state index is 12.7. The molecule has 156 valence electrons. The lowest BCUT2D eigenvalue weighted by molar-refractivity contribution is 0.200. The summed E-state index contributed by atoms with van der Waals surface area (Å²) in [5, 5.41) is 15.2. The van der Waals surface area contributed by atoms with E-state index in [-0.39, 0.29) is 4.90 Å². The van der Waals surface area contributed by atoms with Crippen LogP contribution in [0.25, 0.3) is 0 Å². The topological polar surface area (TPSA) is 120 Å². The van der Waals surface area contributed by atoms with Crippen LogP contribution in [0.4, 0.5) is 16.2 Å². The van der Waals surface area contributed by atoms with Gasteiger partial charge >= 0.3 is 6.03 Å². The molecule has 1 aromatic heterocycles. The van der Waals surface area contributed by atoms with E-state index in [2.05, 4.69) is 20.3 Å². The zero-order valence-electron chi connectivity index (χ0n) is 16.2. The number of amides is 2. The summed E-state index contributed by atoms with van der Waals surface area (Å²) in [7, 11) is -3.86. The number of para-hydroxylation sites is 1. The zero-order chi connectivity index (χ0) is 21.6. The van der Waals surface area contributed by atoms with Gasteiger partial charge in [0.2, 0.25) is 0 Å². The molecule has 3 aromatic rings. The first-order chi connectivity index (χ1) is 14.3. The molecule has 0 aliphatic heterocycles. The molecular weight excluding hydrogens is 404 g/mol. The quantitative estimate of drug-likeness (QED) is 0.462. The van der Waals surface area contributed by atoms with Crippen LogP contribution in [0.1, 0.15) is 24.2 Å². The highest BCUT2D eigenvalue weighted by Gasteiger charge is 2.17. The first kappa shape index (κ1) is 21.3. The molecule has 0 saturated heterocycles. The minimum absolute atomic E-state index is 0.0317. The highest BCUT2D eigenvalue weighted by Crippen LogP contribution is 2.25. The fourth-order valence-corrected chi connectivity index (χ4v) is 3.82. The summed E-state index contributed by atoms with van der Waals surface area (Å²) in [6.45, 7) is 1.88. The smallest absolute Gasteiger partial charge is 0.319 e. The van der Waals surface area contributed by atoms with Crippen molar-refractivity contribution in [2.75, 3.05) is 10.0 Å². The van der Waals surface area contributed by atoms with E-state index in [1.807, 2.05) is 6.07 Å². The van der Waals surface area contributed by atoms with Gasteiger partial charge < -0.3 is 15.7 Å². The lowest BCUT2D eigenvalue weighted by atomic mass is 10.1. The summed E-state index contributed by atoms with van der Waals surface area (Å²) in [5.74, 6) is 0. The van der Waals surface area contributed by atoms with E-state index in [1.54, 1.807) is 49.6 Å². The Kier molecular flexibility index (Phi) is 6.65. The summed E-state index contributed by atoms with van der Waals surface area (Å²) in [6, 6.07) is 15.6. The lowest BCUT2D eigenvalue weighted by Gasteiger charge is -2.14. The van der Waals surface area contributed by atoms with E-state index >= 15 is 0 Å². The number of hydrogen-bond donors (Lipinski definition) is 4. The number of hydrogen-bond acceptors (Lipinski definition) is 5. The van der Waals surface area contributed by atoms with Gasteiger partial charge in [-0.2, -0.15) is 0 Å². The van der Waals surface area contributed by atoms with Crippen molar-refractivity contribution in [2.45, 2.75) is 24.5 Å². The summed E-state index contributed by atoms with van der Waals surface area (Å²) in [6.07, 6.45) is 2.49. The van der Waals surface area contributed by atoms with Gasteiger partial charge in [-0.3, -0.25) is 9.71 Å². The van der Waals surface area contributed by atoms with Gasteiger partial charge in [-0.05, 0) is 48.9 Å². The van der Waals surface area contributed by atoms with Crippen LogP contribution in [0, 0.1) is 0 Å². The predicted molar refractivity (Wildman–Crippen MR) is 114 cm³/mol. The van der Waals surface area contributed by atoms with Crippen molar-refractivity contribution < 1.29 is 18.3 Å². The first-order valence-corrected chi connectivity index (χ1v) is 10.7. The van der Waals surface area contributed by atoms with E-state index in [0.717, 1.165) is 5.56 Å². The van der Waals surface area contributed by atoms with Crippen LogP contribution in [-0.4, -0.2) is 24.5 Å². The molecule has 0 saturated carbocycles. The van der Waals surface area contributed by atoms with Gasteiger partial charge in [0, 0.05) is 30.2 Å². The number of pyridine rings is 1. The Morgan fingerprint density at radius 2 is 1.80 bits per heavy atom. The fraction of sp³-hybridized carbons (Fsp3) is 0.143. The number of carbonyl (C=O) groups excluding carboxylic acids is 1. The average molecular weight is 426 g/mol. The average Bonchev–Trinajstić information content (AvgIpc) is 2.73. The van der Waals surface area contributed by atoms with Crippen molar-refractivity contribution >= 4 is 27.4 Å². The summed E-state index contributed by atoms with van der Waals surface area (Å²) in [4.78, 5) is 16.0. The standard InChI is InChI=1S/C21H22N4O4S/c1-15(26)19-6-2-3-7-20(19)25-30(28,29)18-10-8-17(9-11-18)24-21(27)23-14-16-5-4-12-22-13-16/h2-13,15,25-26H,14H2,1H3,(H2,23,24,27). The highest BCUT2D eigenvalue weighted by molar-refractivity contribution is 7.92. The van der Waals surface area contributed by atoms with E-state index in [0.29, 0.717) is 23.5 Å². The van der Waals surface area contributed by atoms with Gasteiger partial charge in [-0.15, -0.1) is 0 Å². The maximum absolute atomic E-state index is 12.7. The molecule has 1 heterocycles. The van der Waals surface area contributed by atoms with Crippen molar-refractivity contribution in [3.8, 4) is 0 Å². The Bertz CT molecular complexity index is 1100. The number of nitrogens with one attached hydrogen (secondary N) is 3. The first-order valence-electron chi connectivity index (χ1n) is 9.19. The number of carbonyl (C=O) groups is 1. The number of benzene rings is 2. The van der Waals surface area contributed by atoms with Crippen LogP contribution in [0.5, 0.6) is 0 Å². The van der Waals surface area contributed by atoms with E-state index in [4.69, 9.17) is 0 Å². The minimum Gasteiger partial charge on any atom is -0.389 e. The molecule has 2 amide bonds. The lowest BCUT2D eigenvalue weighted by Crippen LogP contribution is -2.28. The third kappa shape index (κ3) is 5.56. The van der Waals surface area contributed by atoms with Crippen LogP contribution < -0.4 is 15.4 Å². The fourth-order valence-electron chi connectivity index (χ4n) is 2.74. The number of aliphatic hydroxyl groups excluding tert-OH is 1. The van der Waals surface area contributed by atoms with Gasteiger partial charge in [0.05, 0.1) is 16.7 Å². The Labute approximate surface area is 175 Å². The Morgan fingerprint density at radius 3 is 2.47 bits per heavy atom. The summed E-state index contributed by atoms with van der Waals surface area (Å²) in [5.41, 5.74) is 2.09. The maximum Gasteiger partial charge on any atom is 0.319 e. The molecule has 1 unspecified atom stereocenters. The molecule has 1 atom stereocenters. The molecule has 0 fully saturated rings. The number of sulfonamides is 1. The third-order valence-corrected chi connectivity index (χ3v) is 5.63. The number of aromatic nitrogens is 1. The molecule has 8 nitrogen and oxygen atoms in total. The Hall–Kier alpha value is -3.43. The van der Waals surface area contributed by atoms with Gasteiger partial charge in [-0.1, -0.05) is 24.3 Å². The van der Waals surface area contributed by atoms with Gasteiger partial charge in [-0.25, -0.2) is 13.2 Å². The normalized spacial score (nSPS) is 12.1. The van der Waals surface area contributed by atoms with Crippen molar-refractivity contribution in [3.05, 3.63) is 84.2 Å². The minimum atomic E-state index is -3.86. The second-order valence-corrected chi connectivity index (χ2v) is 8.24. The third-order valence-electron chi connectivity index (χ3n) is 4.25. The number of rotatable bonds is 7. The molecule has 3 rings (SSSR count). The monoisotopic (exact) mass is 426 g/mol. The molecular formula is C21H22N4O4S. The Balaban J connectivity index is 1.64. The molecule has 9 heteroatoms. The van der Waals surface area contributed by atoms with Crippen LogP contribution in [-0.2, 0) is 16.6 Å². The molecule has 0 aliphatic rings. The highest BCUT2D eigenvalue weighted by atomic mass is 32.2. The van der Waals surface area contributed by atoms with E-state index < -0.39 is 22.2 Å². The van der Waals surface area contributed by atoms with Crippen LogP contribution >= 0.6 is 0 Å². The van der Waals surface area contributed by atoms with Crippen molar-refractivity contribution in [1.82, 2.24) is 10.3 Å². The summed E-state index contributed by atoms with van der Waals surface area (Å²) < 4.78 is 27.8. The van der Waals surface area contributed by atoms with Crippen molar-refractivity contribution in [3.63, 3.8) is 0 Å². The van der Waals surface area contributed by atoms with Crippen LogP contribution in [0.3, 0.4) is 0 Å². The number of nitrogens with zero attached hydrogens (tertiary/aromatic N) is 1. The molecule has 0 bridgehead atoms. The second-order valence-electron chi connectivity index (χ2n) is 6.56. The number of anilines is 2. The van der Waals surface area contributed by atoms with Gasteiger partial charge in [0.1, 0.15) is 0 Å². The van der Waals surface area contributed by atoms with Crippen LogP contribution in [0.2, 0.25) is 0 Å². The largest absolute Gasteiger partial charge is 0.389 e.